The summed E-state index contributed by atoms with van der Waals surface area (Å²) in [5, 5.41) is 7.02. The van der Waals surface area contributed by atoms with Crippen LogP contribution < -0.4 is 9.47 Å². The van der Waals surface area contributed by atoms with Gasteiger partial charge >= 0.3 is 0 Å². The number of allylic oxidation sites excluding steroid dienone is 1. The van der Waals surface area contributed by atoms with Gasteiger partial charge in [0.1, 0.15) is 11.5 Å². The first-order chi connectivity index (χ1) is 17.1. The summed E-state index contributed by atoms with van der Waals surface area (Å²) in [6, 6.07) is 22.8. The Morgan fingerprint density at radius 2 is 1.63 bits per heavy atom. The molecule has 0 saturated heterocycles. The normalized spacial score (nSPS) is 20.4. The zero-order valence-electron chi connectivity index (χ0n) is 19.8. The summed E-state index contributed by atoms with van der Waals surface area (Å²) in [6.07, 6.45) is 5.10. The molecule has 1 aliphatic carbocycles. The summed E-state index contributed by atoms with van der Waals surface area (Å²) < 4.78 is 10.6. The van der Waals surface area contributed by atoms with E-state index in [1.807, 2.05) is 60.7 Å². The fourth-order valence-corrected chi connectivity index (χ4v) is 5.18. The fourth-order valence-electron chi connectivity index (χ4n) is 4.96. The Bertz CT molecular complexity index is 1280. The van der Waals surface area contributed by atoms with Crippen LogP contribution in [0, 0.1) is 5.92 Å². The maximum absolute atomic E-state index is 13.7. The van der Waals surface area contributed by atoms with Crippen LogP contribution in [-0.2, 0) is 0 Å². The molecule has 35 heavy (non-hydrogen) atoms. The van der Waals surface area contributed by atoms with Gasteiger partial charge in [-0.2, -0.15) is 5.10 Å². The van der Waals surface area contributed by atoms with Crippen molar-refractivity contribution in [2.45, 2.75) is 25.3 Å². The first-order valence-corrected chi connectivity index (χ1v) is 12.1. The molecule has 3 aromatic carbocycles. The van der Waals surface area contributed by atoms with Gasteiger partial charge in [-0.25, -0.2) is 5.01 Å². The van der Waals surface area contributed by atoms with Gasteiger partial charge in [0.25, 0.3) is 5.91 Å². The molecule has 2 atom stereocenters. The average molecular weight is 487 g/mol. The molecule has 5 nitrogen and oxygen atoms in total. The molecule has 0 N–H and O–H groups in total. The third kappa shape index (κ3) is 4.56. The third-order valence-electron chi connectivity index (χ3n) is 6.73. The Balaban J connectivity index is 1.56. The smallest absolute Gasteiger partial charge is 0.276 e. The van der Waals surface area contributed by atoms with Gasteiger partial charge in [0.15, 0.2) is 0 Å². The molecule has 0 aromatic heterocycles. The molecular weight excluding hydrogens is 460 g/mol. The zero-order chi connectivity index (χ0) is 24.4. The van der Waals surface area contributed by atoms with Crippen LogP contribution in [-0.4, -0.2) is 30.8 Å². The maximum atomic E-state index is 13.7. The minimum absolute atomic E-state index is 0.105. The Morgan fingerprint density at radius 3 is 2.29 bits per heavy atom. The van der Waals surface area contributed by atoms with E-state index in [2.05, 4.69) is 6.08 Å². The highest BCUT2D eigenvalue weighted by Gasteiger charge is 2.44. The van der Waals surface area contributed by atoms with Crippen molar-refractivity contribution in [1.82, 2.24) is 5.01 Å². The summed E-state index contributed by atoms with van der Waals surface area (Å²) in [4.78, 5) is 13.7. The summed E-state index contributed by atoms with van der Waals surface area (Å²) in [6.45, 7) is 0. The van der Waals surface area contributed by atoms with Crippen LogP contribution in [0.4, 0.5) is 0 Å². The quantitative estimate of drug-likeness (QED) is 0.398. The predicted octanol–water partition coefficient (Wildman–Crippen LogP) is 6.79. The number of methoxy groups -OCH3 is 2. The number of rotatable bonds is 5. The number of fused-ring (bicyclic) bond motifs is 1. The summed E-state index contributed by atoms with van der Waals surface area (Å²) in [5.74, 6) is 1.51. The van der Waals surface area contributed by atoms with Gasteiger partial charge in [-0.15, -0.1) is 0 Å². The first kappa shape index (κ1) is 23.2. The Labute approximate surface area is 210 Å². The van der Waals surface area contributed by atoms with Crippen LogP contribution in [0.1, 0.15) is 46.8 Å². The molecule has 2 unspecified atom stereocenters. The lowest BCUT2D eigenvalue weighted by molar-refractivity contribution is 0.0681. The van der Waals surface area contributed by atoms with Crippen LogP contribution in [0.5, 0.6) is 11.5 Å². The van der Waals surface area contributed by atoms with Gasteiger partial charge in [0.05, 0.1) is 36.6 Å². The van der Waals surface area contributed by atoms with Crippen LogP contribution in [0.2, 0.25) is 5.02 Å². The van der Waals surface area contributed by atoms with E-state index in [9.17, 15) is 4.79 Å². The van der Waals surface area contributed by atoms with Crippen molar-refractivity contribution >= 4 is 29.3 Å². The van der Waals surface area contributed by atoms with Gasteiger partial charge in [0.2, 0.25) is 0 Å². The zero-order valence-corrected chi connectivity index (χ0v) is 20.5. The highest BCUT2D eigenvalue weighted by molar-refractivity contribution is 6.33. The van der Waals surface area contributed by atoms with Crippen LogP contribution in [0.3, 0.4) is 0 Å². The molecule has 1 fully saturated rings. The van der Waals surface area contributed by atoms with Crippen LogP contribution >= 0.6 is 11.6 Å². The summed E-state index contributed by atoms with van der Waals surface area (Å²) >= 11 is 6.41. The second-order valence-corrected chi connectivity index (χ2v) is 9.18. The number of amides is 1. The summed E-state index contributed by atoms with van der Waals surface area (Å²) in [5.41, 5.74) is 4.71. The second kappa shape index (κ2) is 9.96. The van der Waals surface area contributed by atoms with Crippen molar-refractivity contribution in [2.75, 3.05) is 14.2 Å². The van der Waals surface area contributed by atoms with Gasteiger partial charge < -0.3 is 9.47 Å². The third-order valence-corrected chi connectivity index (χ3v) is 7.06. The van der Waals surface area contributed by atoms with Crippen molar-refractivity contribution in [3.63, 3.8) is 0 Å². The molecule has 0 spiro atoms. The predicted molar refractivity (Wildman–Crippen MR) is 139 cm³/mol. The molecular formula is C29H27ClN2O3. The number of hydrazone groups is 1. The van der Waals surface area contributed by atoms with E-state index in [0.29, 0.717) is 10.6 Å². The minimum atomic E-state index is -0.209. The minimum Gasteiger partial charge on any atom is -0.497 e. The molecule has 1 saturated carbocycles. The molecule has 178 valence electrons. The number of carbonyl (C=O) groups excluding carboxylic acids is 1. The Hall–Kier alpha value is -3.57. The van der Waals surface area contributed by atoms with Crippen LogP contribution in [0.25, 0.3) is 6.08 Å². The number of ether oxygens (including phenoxy) is 2. The molecule has 0 radical (unpaired) electrons. The molecule has 6 heteroatoms. The van der Waals surface area contributed by atoms with E-state index >= 15 is 0 Å². The number of halogens is 1. The van der Waals surface area contributed by atoms with Gasteiger partial charge in [0, 0.05) is 5.92 Å². The number of nitrogens with zero attached hydrogens (tertiary/aromatic N) is 2. The maximum Gasteiger partial charge on any atom is 0.276 e. The number of benzene rings is 3. The van der Waals surface area contributed by atoms with E-state index in [1.165, 1.54) is 5.57 Å². The van der Waals surface area contributed by atoms with Crippen molar-refractivity contribution < 1.29 is 14.3 Å². The number of carbonyl (C=O) groups is 1. The van der Waals surface area contributed by atoms with Gasteiger partial charge in [-0.1, -0.05) is 48.0 Å². The van der Waals surface area contributed by atoms with Crippen molar-refractivity contribution in [1.29, 1.82) is 0 Å². The van der Waals surface area contributed by atoms with Crippen LogP contribution in [0.15, 0.2) is 83.5 Å². The summed E-state index contributed by atoms with van der Waals surface area (Å²) in [7, 11) is 3.31. The molecule has 3 aromatic rings. The molecule has 1 amide bonds. The molecule has 1 aliphatic heterocycles. The van der Waals surface area contributed by atoms with E-state index < -0.39 is 0 Å². The number of hydrogen-bond donors (Lipinski definition) is 0. The van der Waals surface area contributed by atoms with E-state index in [4.69, 9.17) is 26.2 Å². The molecule has 0 bridgehead atoms. The van der Waals surface area contributed by atoms with E-state index in [0.717, 1.165) is 47.6 Å². The van der Waals surface area contributed by atoms with E-state index in [1.54, 1.807) is 31.4 Å². The molecule has 2 aliphatic rings. The van der Waals surface area contributed by atoms with Crippen molar-refractivity contribution in [3.05, 3.63) is 100 Å². The monoisotopic (exact) mass is 486 g/mol. The Morgan fingerprint density at radius 1 is 0.971 bits per heavy atom. The fraction of sp³-hybridized carbons (Fsp3) is 0.241. The van der Waals surface area contributed by atoms with Gasteiger partial charge in [-0.3, -0.25) is 4.79 Å². The first-order valence-electron chi connectivity index (χ1n) is 11.7. The van der Waals surface area contributed by atoms with Gasteiger partial charge in [-0.05, 0) is 78.4 Å². The largest absolute Gasteiger partial charge is 0.497 e. The van der Waals surface area contributed by atoms with E-state index in [-0.39, 0.29) is 17.9 Å². The van der Waals surface area contributed by atoms with Crippen molar-refractivity contribution in [3.8, 4) is 11.5 Å². The highest BCUT2D eigenvalue weighted by atomic mass is 35.5. The SMILES string of the molecule is COc1ccc(/C=C2/CCCC3C2=NN(C(=O)c2ccccc2Cl)C3c2ccc(OC)cc2)cc1. The lowest BCUT2D eigenvalue weighted by atomic mass is 9.77. The Kier molecular flexibility index (Phi) is 6.60. The average Bonchev–Trinajstić information content (AvgIpc) is 3.30. The molecule has 1 heterocycles. The second-order valence-electron chi connectivity index (χ2n) is 8.77. The molecule has 5 rings (SSSR count). The topological polar surface area (TPSA) is 51.1 Å². The standard InChI is InChI=1S/C29H27ClN2O3/c1-34-22-14-10-19(11-15-22)18-21-6-5-8-25-27(21)31-32(29(33)24-7-3-4-9-26(24)30)28(25)20-12-16-23(35-2)17-13-20/h3-4,7,9-18,25,28H,5-6,8H2,1-2H3/b21-18-. The number of hydrogen-bond acceptors (Lipinski definition) is 4. The highest BCUT2D eigenvalue weighted by Crippen LogP contribution is 2.45. The lowest BCUT2D eigenvalue weighted by Crippen LogP contribution is -2.32. The van der Waals surface area contributed by atoms with Crippen molar-refractivity contribution in [2.24, 2.45) is 11.0 Å². The lowest BCUT2D eigenvalue weighted by Gasteiger charge is -2.30.